The number of anilines is 1. The molecule has 2 aromatic rings. The van der Waals surface area contributed by atoms with Crippen molar-refractivity contribution in [3.8, 4) is 11.5 Å². The molecule has 4 aliphatic heterocycles. The van der Waals surface area contributed by atoms with Crippen molar-refractivity contribution in [2.24, 2.45) is 5.92 Å². The number of urea groups is 1. The number of aliphatic hydroxyl groups excluding tert-OH is 1. The Morgan fingerprint density at radius 1 is 1.14 bits per heavy atom. The van der Waals surface area contributed by atoms with Gasteiger partial charge in [0.2, 0.25) is 0 Å². The minimum atomic E-state index is -0.786. The lowest BCUT2D eigenvalue weighted by Crippen LogP contribution is -2.62. The number of rotatable bonds is 6. The van der Waals surface area contributed by atoms with Crippen molar-refractivity contribution >= 4 is 23.5 Å². The molecule has 0 aliphatic carbocycles. The van der Waals surface area contributed by atoms with E-state index < -0.39 is 6.23 Å². The molecule has 0 bridgehead atoms. The van der Waals surface area contributed by atoms with Gasteiger partial charge in [0, 0.05) is 34.8 Å². The Bertz CT molecular complexity index is 1150. The van der Waals surface area contributed by atoms with Crippen molar-refractivity contribution in [3.05, 3.63) is 64.7 Å². The molecule has 5 N–H and O–H groups in total. The Balaban J connectivity index is 1.25. The highest BCUT2D eigenvalue weighted by Gasteiger charge is 2.51. The number of carbonyl (C=O) groups excluding carboxylic acids is 1. The summed E-state index contributed by atoms with van der Waals surface area (Å²) in [5, 5.41) is 24.8. The van der Waals surface area contributed by atoms with E-state index in [0.717, 1.165) is 72.2 Å². The number of nitrogens with one attached hydrogen (secondary N) is 4. The largest absolute Gasteiger partial charge is 0.457 e. The summed E-state index contributed by atoms with van der Waals surface area (Å²) in [7, 11) is 0. The number of thioether (sulfide) groups is 1. The van der Waals surface area contributed by atoms with Crippen LogP contribution in [0.25, 0.3) is 0 Å². The summed E-state index contributed by atoms with van der Waals surface area (Å²) in [5.41, 5.74) is 2.75. The van der Waals surface area contributed by atoms with Crippen molar-refractivity contribution in [3.63, 3.8) is 0 Å². The average molecular weight is 508 g/mol. The fraction of sp³-hybridized carbons (Fsp3) is 0.444. The molecule has 0 radical (unpaired) electrons. The molecule has 36 heavy (non-hydrogen) atoms. The molecule has 8 nitrogen and oxygen atoms in total. The van der Waals surface area contributed by atoms with Crippen LogP contribution in [0.5, 0.6) is 11.5 Å². The molecule has 9 heteroatoms. The summed E-state index contributed by atoms with van der Waals surface area (Å²) < 4.78 is 6.00. The van der Waals surface area contributed by atoms with Crippen LogP contribution in [0.4, 0.5) is 10.5 Å². The van der Waals surface area contributed by atoms with E-state index in [2.05, 4.69) is 21.3 Å². The van der Waals surface area contributed by atoms with Crippen molar-refractivity contribution in [2.75, 3.05) is 24.5 Å². The molecular weight excluding hydrogens is 474 g/mol. The van der Waals surface area contributed by atoms with Crippen LogP contribution in [0, 0.1) is 12.8 Å². The Labute approximate surface area is 215 Å². The fourth-order valence-corrected chi connectivity index (χ4v) is 7.29. The number of piperidine rings is 2. The van der Waals surface area contributed by atoms with Crippen LogP contribution in [0.2, 0.25) is 0 Å². The molecule has 5 atom stereocenters. The maximum absolute atomic E-state index is 13.5. The number of carbonyl (C=O) groups is 1. The lowest BCUT2D eigenvalue weighted by atomic mass is 9.86. The first-order valence-corrected chi connectivity index (χ1v) is 13.7. The zero-order valence-electron chi connectivity index (χ0n) is 20.4. The lowest BCUT2D eigenvalue weighted by molar-refractivity contribution is 0.153. The first kappa shape index (κ1) is 23.8. The maximum atomic E-state index is 13.5. The van der Waals surface area contributed by atoms with E-state index in [0.29, 0.717) is 0 Å². The Hall–Kier alpha value is -2.56. The summed E-state index contributed by atoms with van der Waals surface area (Å²) >= 11 is 1.65. The number of aliphatic hydroxyl groups is 1. The number of aryl methyl sites for hydroxylation is 1. The highest BCUT2D eigenvalue weighted by molar-refractivity contribution is 8.04. The van der Waals surface area contributed by atoms with Gasteiger partial charge in [-0.15, -0.1) is 11.8 Å². The Morgan fingerprint density at radius 2 is 2.00 bits per heavy atom. The van der Waals surface area contributed by atoms with Gasteiger partial charge in [0.05, 0.1) is 11.4 Å². The summed E-state index contributed by atoms with van der Waals surface area (Å²) in [6.45, 7) is 4.72. The molecule has 3 fully saturated rings. The third-order valence-corrected chi connectivity index (χ3v) is 8.93. The van der Waals surface area contributed by atoms with Gasteiger partial charge >= 0.3 is 6.03 Å². The van der Waals surface area contributed by atoms with E-state index in [-0.39, 0.29) is 29.4 Å². The molecule has 2 aromatic carbocycles. The van der Waals surface area contributed by atoms with E-state index in [1.807, 2.05) is 60.4 Å². The van der Waals surface area contributed by atoms with Gasteiger partial charge in [-0.2, -0.15) is 0 Å². The first-order chi connectivity index (χ1) is 17.6. The molecule has 4 unspecified atom stereocenters. The lowest BCUT2D eigenvalue weighted by Gasteiger charge is -2.46. The molecule has 0 aromatic heterocycles. The minimum absolute atomic E-state index is 0.0214. The van der Waals surface area contributed by atoms with Crippen molar-refractivity contribution in [1.29, 1.82) is 0 Å². The number of para-hydroxylation sites is 1. The van der Waals surface area contributed by atoms with Gasteiger partial charge in [0.1, 0.15) is 17.7 Å². The predicted octanol–water partition coefficient (Wildman–Crippen LogP) is 3.24. The topological polar surface area (TPSA) is 97.9 Å². The third-order valence-electron chi connectivity index (χ3n) is 7.52. The molecule has 190 valence electrons. The van der Waals surface area contributed by atoms with Crippen molar-refractivity contribution in [1.82, 2.24) is 21.3 Å². The van der Waals surface area contributed by atoms with Crippen LogP contribution in [-0.2, 0) is 0 Å². The van der Waals surface area contributed by atoms with Gasteiger partial charge < -0.3 is 25.8 Å². The number of ether oxygens (including phenoxy) is 1. The van der Waals surface area contributed by atoms with Gasteiger partial charge in [-0.1, -0.05) is 18.2 Å². The predicted molar refractivity (Wildman–Crippen MR) is 142 cm³/mol. The SMILES string of the molecule is Cc1cc(Oc2ccccc2)ccc1N1C(=O)NC2=C(C(O)N[C@@H]3CCCNC3)SC3NCCC1C23. The number of hydrogen-bond acceptors (Lipinski definition) is 7. The highest BCUT2D eigenvalue weighted by atomic mass is 32.2. The molecule has 0 saturated carbocycles. The Morgan fingerprint density at radius 3 is 2.78 bits per heavy atom. The van der Waals surface area contributed by atoms with Gasteiger partial charge in [-0.05, 0) is 75.2 Å². The van der Waals surface area contributed by atoms with E-state index in [9.17, 15) is 9.90 Å². The molecule has 6 rings (SSSR count). The molecular formula is C27H33N5O3S. The second-order valence-corrected chi connectivity index (χ2v) is 11.1. The zero-order chi connectivity index (χ0) is 24.6. The van der Waals surface area contributed by atoms with Crippen LogP contribution in [0.3, 0.4) is 0 Å². The average Bonchev–Trinajstić information content (AvgIpc) is 3.26. The van der Waals surface area contributed by atoms with Gasteiger partial charge in [-0.25, -0.2) is 4.79 Å². The third kappa shape index (κ3) is 4.50. The van der Waals surface area contributed by atoms with E-state index >= 15 is 0 Å². The number of benzene rings is 2. The summed E-state index contributed by atoms with van der Waals surface area (Å²) in [4.78, 5) is 16.3. The molecule has 2 amide bonds. The standard InChI is InChI=1S/C27H33N5O3S/c1-16-14-19(35-18-7-3-2-4-8-18)9-10-20(16)32-21-11-13-29-26-22(21)23(31-27(32)34)24(36-26)25(33)30-17-6-5-12-28-15-17/h2-4,7-10,14,17,21-22,25-26,28-30,33H,5-6,11-13,15H2,1H3,(H,31,34)/t17-,21?,22?,25?,26?/m1/s1. The summed E-state index contributed by atoms with van der Waals surface area (Å²) in [6, 6.07) is 15.7. The maximum Gasteiger partial charge on any atom is 0.326 e. The smallest absolute Gasteiger partial charge is 0.326 e. The van der Waals surface area contributed by atoms with Crippen LogP contribution in [0.1, 0.15) is 24.8 Å². The second-order valence-electron chi connectivity index (χ2n) is 9.93. The molecule has 4 aliphatic rings. The highest BCUT2D eigenvalue weighted by Crippen LogP contribution is 2.49. The summed E-state index contributed by atoms with van der Waals surface area (Å²) in [5.74, 6) is 1.62. The van der Waals surface area contributed by atoms with Gasteiger partial charge in [0.25, 0.3) is 0 Å². The van der Waals surface area contributed by atoms with Crippen molar-refractivity contribution < 1.29 is 14.6 Å². The number of hydrogen-bond donors (Lipinski definition) is 5. The van der Waals surface area contributed by atoms with Gasteiger partial charge in [0.15, 0.2) is 0 Å². The van der Waals surface area contributed by atoms with Crippen LogP contribution < -0.4 is 30.9 Å². The van der Waals surface area contributed by atoms with Crippen LogP contribution >= 0.6 is 11.8 Å². The molecule has 3 saturated heterocycles. The first-order valence-electron chi connectivity index (χ1n) is 12.8. The normalized spacial score (nSPS) is 28.5. The Kier molecular flexibility index (Phi) is 6.66. The zero-order valence-corrected chi connectivity index (χ0v) is 21.2. The number of amides is 2. The van der Waals surface area contributed by atoms with E-state index in [4.69, 9.17) is 4.74 Å². The van der Waals surface area contributed by atoms with Crippen LogP contribution in [0.15, 0.2) is 59.1 Å². The molecule has 0 spiro atoms. The quantitative estimate of drug-likeness (QED) is 0.383. The second kappa shape index (κ2) is 10.1. The van der Waals surface area contributed by atoms with E-state index in [1.54, 1.807) is 11.8 Å². The van der Waals surface area contributed by atoms with Gasteiger partial charge in [-0.3, -0.25) is 10.2 Å². The fourth-order valence-electron chi connectivity index (χ4n) is 5.84. The van der Waals surface area contributed by atoms with Crippen molar-refractivity contribution in [2.45, 2.75) is 49.9 Å². The number of nitrogens with zero attached hydrogens (tertiary/aromatic N) is 1. The van der Waals surface area contributed by atoms with E-state index in [1.165, 1.54) is 0 Å². The molecule has 4 heterocycles. The summed E-state index contributed by atoms with van der Waals surface area (Å²) in [6.07, 6.45) is 2.20. The van der Waals surface area contributed by atoms with Crippen LogP contribution in [-0.4, -0.2) is 54.5 Å². The monoisotopic (exact) mass is 507 g/mol. The minimum Gasteiger partial charge on any atom is -0.457 e.